The first kappa shape index (κ1) is 14.2. The highest BCUT2D eigenvalue weighted by Crippen LogP contribution is 2.10. The highest BCUT2D eigenvalue weighted by molar-refractivity contribution is 7.09. The number of carboxylic acids is 1. The number of nitrogens with one attached hydrogen (secondary N) is 2. The van der Waals surface area contributed by atoms with Crippen molar-refractivity contribution in [3.63, 3.8) is 0 Å². The van der Waals surface area contributed by atoms with Gasteiger partial charge in [0, 0.05) is 30.0 Å². The lowest BCUT2D eigenvalue weighted by molar-refractivity contribution is -0.131. The Morgan fingerprint density at radius 2 is 2.33 bits per heavy atom. The molecule has 1 aromatic rings. The maximum Gasteiger partial charge on any atom is 0.328 e. The van der Waals surface area contributed by atoms with Crippen molar-refractivity contribution in [2.75, 3.05) is 6.54 Å². The Kier molecular flexibility index (Phi) is 5.93. The van der Waals surface area contributed by atoms with Crippen LogP contribution in [0.15, 0.2) is 29.7 Å². The number of thiophene rings is 1. The maximum atomic E-state index is 11.4. The van der Waals surface area contributed by atoms with Crippen LogP contribution in [0.4, 0.5) is 4.79 Å². The van der Waals surface area contributed by atoms with Gasteiger partial charge in [0.1, 0.15) is 0 Å². The number of carbonyl (C=O) groups excluding carboxylic acids is 1. The average molecular weight is 268 g/mol. The van der Waals surface area contributed by atoms with Gasteiger partial charge in [0.15, 0.2) is 0 Å². The molecule has 1 rings (SSSR count). The topological polar surface area (TPSA) is 78.4 Å². The standard InChI is InChI=1S/C12H16N2O3S/c1-9(8-10-4-3-7-18-10)14-12(17)13-6-2-5-11(15)16/h2-5,7,9H,6,8H2,1H3,(H,15,16)(H2,13,14,17)/b5-2+. The van der Waals surface area contributed by atoms with E-state index in [0.717, 1.165) is 12.5 Å². The first-order valence-corrected chi connectivity index (χ1v) is 6.42. The van der Waals surface area contributed by atoms with Crippen LogP contribution < -0.4 is 10.6 Å². The van der Waals surface area contributed by atoms with Crippen LogP contribution in [0.1, 0.15) is 11.8 Å². The molecule has 0 saturated carbocycles. The number of carboxylic acid groups (broad SMARTS) is 1. The minimum absolute atomic E-state index is 0.0344. The Bertz CT molecular complexity index is 415. The fourth-order valence-electron chi connectivity index (χ4n) is 1.37. The van der Waals surface area contributed by atoms with E-state index in [1.54, 1.807) is 11.3 Å². The molecule has 0 saturated heterocycles. The quantitative estimate of drug-likeness (QED) is 0.686. The maximum absolute atomic E-state index is 11.4. The minimum atomic E-state index is -1.02. The summed E-state index contributed by atoms with van der Waals surface area (Å²) in [7, 11) is 0. The molecule has 0 spiro atoms. The molecule has 0 bridgehead atoms. The van der Waals surface area contributed by atoms with Crippen LogP contribution in [0.3, 0.4) is 0 Å². The van der Waals surface area contributed by atoms with Gasteiger partial charge in [0.2, 0.25) is 0 Å². The van der Waals surface area contributed by atoms with Gasteiger partial charge in [-0.1, -0.05) is 12.1 Å². The van der Waals surface area contributed by atoms with Gasteiger partial charge >= 0.3 is 12.0 Å². The van der Waals surface area contributed by atoms with Crippen LogP contribution in [0.5, 0.6) is 0 Å². The van der Waals surface area contributed by atoms with Crippen LogP contribution >= 0.6 is 11.3 Å². The van der Waals surface area contributed by atoms with Gasteiger partial charge in [-0.2, -0.15) is 0 Å². The molecule has 18 heavy (non-hydrogen) atoms. The third-order valence-corrected chi connectivity index (χ3v) is 3.00. The third-order valence-electron chi connectivity index (χ3n) is 2.11. The first-order chi connectivity index (χ1) is 8.58. The van der Waals surface area contributed by atoms with E-state index < -0.39 is 5.97 Å². The molecule has 0 aliphatic carbocycles. The summed E-state index contributed by atoms with van der Waals surface area (Å²) in [6, 6.07) is 3.74. The largest absolute Gasteiger partial charge is 0.478 e. The second-order valence-corrected chi connectivity index (χ2v) is 4.81. The SMILES string of the molecule is CC(Cc1cccs1)NC(=O)NC/C=C/C(=O)O. The minimum Gasteiger partial charge on any atom is -0.478 e. The van der Waals surface area contributed by atoms with Crippen LogP contribution in [-0.2, 0) is 11.2 Å². The van der Waals surface area contributed by atoms with Gasteiger partial charge in [-0.15, -0.1) is 11.3 Å². The molecule has 1 heterocycles. The summed E-state index contributed by atoms with van der Waals surface area (Å²) in [6.07, 6.45) is 3.16. The molecular formula is C12H16N2O3S. The summed E-state index contributed by atoms with van der Waals surface area (Å²) in [6.45, 7) is 2.12. The molecule has 1 atom stereocenters. The van der Waals surface area contributed by atoms with Gasteiger partial charge in [0.05, 0.1) is 0 Å². The van der Waals surface area contributed by atoms with Crippen LogP contribution in [0, 0.1) is 0 Å². The van der Waals surface area contributed by atoms with Crippen LogP contribution in [0.2, 0.25) is 0 Å². The molecule has 5 nitrogen and oxygen atoms in total. The van der Waals surface area contributed by atoms with E-state index in [9.17, 15) is 9.59 Å². The molecule has 1 aromatic heterocycles. The van der Waals surface area contributed by atoms with E-state index in [0.29, 0.717) is 0 Å². The molecule has 0 radical (unpaired) electrons. The molecule has 6 heteroatoms. The zero-order valence-electron chi connectivity index (χ0n) is 10.1. The molecule has 0 aliphatic heterocycles. The van der Waals surface area contributed by atoms with Crippen molar-refractivity contribution in [3.8, 4) is 0 Å². The molecule has 3 N–H and O–H groups in total. The Balaban J connectivity index is 2.21. The molecule has 2 amide bonds. The second kappa shape index (κ2) is 7.50. The summed E-state index contributed by atoms with van der Waals surface area (Å²) < 4.78 is 0. The number of hydrogen-bond donors (Lipinski definition) is 3. The molecular weight excluding hydrogens is 252 g/mol. The zero-order chi connectivity index (χ0) is 13.4. The Hall–Kier alpha value is -1.82. The molecule has 0 aromatic carbocycles. The summed E-state index contributed by atoms with van der Waals surface area (Å²) in [4.78, 5) is 22.8. The lowest BCUT2D eigenvalue weighted by atomic mass is 10.2. The van der Waals surface area contributed by atoms with Crippen molar-refractivity contribution in [2.24, 2.45) is 0 Å². The predicted octanol–water partition coefficient (Wildman–Crippen LogP) is 1.62. The number of aliphatic carboxylic acids is 1. The van der Waals surface area contributed by atoms with Crippen molar-refractivity contribution < 1.29 is 14.7 Å². The average Bonchev–Trinajstić information content (AvgIpc) is 2.76. The normalized spacial score (nSPS) is 12.3. The summed E-state index contributed by atoms with van der Waals surface area (Å²) in [5.41, 5.74) is 0. The van der Waals surface area contributed by atoms with E-state index in [4.69, 9.17) is 5.11 Å². The van der Waals surface area contributed by atoms with Crippen molar-refractivity contribution in [3.05, 3.63) is 34.5 Å². The van der Waals surface area contributed by atoms with Gasteiger partial charge in [-0.3, -0.25) is 0 Å². The number of urea groups is 1. The van der Waals surface area contributed by atoms with Gasteiger partial charge < -0.3 is 15.7 Å². The van der Waals surface area contributed by atoms with Crippen molar-refractivity contribution >= 4 is 23.3 Å². The molecule has 0 aliphatic rings. The Morgan fingerprint density at radius 1 is 1.56 bits per heavy atom. The van der Waals surface area contributed by atoms with E-state index in [1.807, 2.05) is 24.4 Å². The molecule has 0 fully saturated rings. The van der Waals surface area contributed by atoms with E-state index in [1.165, 1.54) is 11.0 Å². The lowest BCUT2D eigenvalue weighted by Gasteiger charge is -2.13. The van der Waals surface area contributed by atoms with E-state index in [2.05, 4.69) is 10.6 Å². The highest BCUT2D eigenvalue weighted by Gasteiger charge is 2.07. The highest BCUT2D eigenvalue weighted by atomic mass is 32.1. The number of carbonyl (C=O) groups is 2. The predicted molar refractivity (Wildman–Crippen MR) is 70.8 cm³/mol. The third kappa shape index (κ3) is 6.05. The van der Waals surface area contributed by atoms with Gasteiger partial charge in [0.25, 0.3) is 0 Å². The summed E-state index contributed by atoms with van der Waals surface area (Å²) >= 11 is 1.65. The summed E-state index contributed by atoms with van der Waals surface area (Å²) in [5, 5.41) is 15.7. The fraction of sp³-hybridized carbons (Fsp3) is 0.333. The van der Waals surface area contributed by atoms with Gasteiger partial charge in [-0.05, 0) is 18.4 Å². The number of hydrogen-bond acceptors (Lipinski definition) is 3. The molecule has 1 unspecified atom stereocenters. The smallest absolute Gasteiger partial charge is 0.328 e. The van der Waals surface area contributed by atoms with Crippen LogP contribution in [0.25, 0.3) is 0 Å². The van der Waals surface area contributed by atoms with Crippen molar-refractivity contribution in [1.29, 1.82) is 0 Å². The fourth-order valence-corrected chi connectivity index (χ4v) is 2.20. The Labute approximate surface area is 110 Å². The van der Waals surface area contributed by atoms with E-state index in [-0.39, 0.29) is 18.6 Å². The van der Waals surface area contributed by atoms with Crippen molar-refractivity contribution in [2.45, 2.75) is 19.4 Å². The zero-order valence-corrected chi connectivity index (χ0v) is 10.9. The van der Waals surface area contributed by atoms with Crippen LogP contribution in [-0.4, -0.2) is 29.7 Å². The monoisotopic (exact) mass is 268 g/mol. The summed E-state index contributed by atoms with van der Waals surface area (Å²) in [5.74, 6) is -1.02. The second-order valence-electron chi connectivity index (χ2n) is 3.78. The van der Waals surface area contributed by atoms with Crippen molar-refractivity contribution in [1.82, 2.24) is 10.6 Å². The first-order valence-electron chi connectivity index (χ1n) is 5.54. The number of rotatable bonds is 6. The molecule has 98 valence electrons. The van der Waals surface area contributed by atoms with Gasteiger partial charge in [-0.25, -0.2) is 9.59 Å². The Morgan fingerprint density at radius 3 is 2.94 bits per heavy atom. The number of amides is 2. The van der Waals surface area contributed by atoms with E-state index >= 15 is 0 Å². The lowest BCUT2D eigenvalue weighted by Crippen LogP contribution is -2.41.